The van der Waals surface area contributed by atoms with E-state index in [1.165, 1.54) is 7.11 Å². The fraction of sp³-hybridized carbons (Fsp3) is 0.385. The van der Waals surface area contributed by atoms with E-state index >= 15 is 0 Å². The number of rotatable bonds is 2. The van der Waals surface area contributed by atoms with Crippen LogP contribution in [-0.2, 0) is 22.4 Å². The monoisotopic (exact) mass is 218 g/mol. The summed E-state index contributed by atoms with van der Waals surface area (Å²) in [5.41, 5.74) is 2.86. The molecule has 0 saturated carbocycles. The quantitative estimate of drug-likeness (QED) is 0.561. The molecule has 1 unspecified atom stereocenters. The molecule has 3 nitrogen and oxygen atoms in total. The lowest BCUT2D eigenvalue weighted by Crippen LogP contribution is -2.16. The van der Waals surface area contributed by atoms with E-state index in [4.69, 9.17) is 4.74 Å². The Morgan fingerprint density at radius 2 is 2.06 bits per heavy atom. The van der Waals surface area contributed by atoms with Gasteiger partial charge in [-0.05, 0) is 30.9 Å². The number of ether oxygens (including phenoxy) is 1. The molecular weight excluding hydrogens is 204 g/mol. The second-order valence-corrected chi connectivity index (χ2v) is 4.13. The van der Waals surface area contributed by atoms with E-state index in [9.17, 15) is 9.59 Å². The molecule has 0 bridgehead atoms. The fourth-order valence-electron chi connectivity index (χ4n) is 2.31. The molecule has 1 aliphatic carbocycles. The zero-order chi connectivity index (χ0) is 11.7. The summed E-state index contributed by atoms with van der Waals surface area (Å²) >= 11 is 0. The van der Waals surface area contributed by atoms with Gasteiger partial charge in [0, 0.05) is 5.56 Å². The van der Waals surface area contributed by atoms with E-state index in [0.29, 0.717) is 12.8 Å². The van der Waals surface area contributed by atoms with Gasteiger partial charge in [-0.3, -0.25) is 9.59 Å². The average molecular weight is 218 g/mol. The largest absolute Gasteiger partial charge is 0.469 e. The molecule has 0 aromatic heterocycles. The van der Waals surface area contributed by atoms with Crippen molar-refractivity contribution in [3.8, 4) is 0 Å². The number of hydrogen-bond donors (Lipinski definition) is 0. The number of carbonyl (C=O) groups is 2. The van der Waals surface area contributed by atoms with Crippen LogP contribution < -0.4 is 0 Å². The molecule has 3 heteroatoms. The first-order chi connectivity index (χ1) is 7.63. The Hall–Kier alpha value is -1.64. The van der Waals surface area contributed by atoms with Gasteiger partial charge in [0.2, 0.25) is 0 Å². The Bertz CT molecular complexity index is 448. The summed E-state index contributed by atoms with van der Waals surface area (Å²) in [7, 11) is 1.40. The molecule has 0 saturated heterocycles. The number of hydrogen-bond acceptors (Lipinski definition) is 3. The van der Waals surface area contributed by atoms with Crippen LogP contribution in [0.1, 0.15) is 28.4 Å². The Balaban J connectivity index is 2.34. The lowest BCUT2D eigenvalue weighted by Gasteiger charge is -2.05. The van der Waals surface area contributed by atoms with Crippen LogP contribution in [0.4, 0.5) is 0 Å². The van der Waals surface area contributed by atoms with Gasteiger partial charge in [0.1, 0.15) is 0 Å². The maximum absolute atomic E-state index is 11.5. The summed E-state index contributed by atoms with van der Waals surface area (Å²) in [4.78, 5) is 22.9. The molecule has 84 valence electrons. The molecule has 0 aliphatic heterocycles. The van der Waals surface area contributed by atoms with Gasteiger partial charge >= 0.3 is 5.97 Å². The van der Waals surface area contributed by atoms with Crippen molar-refractivity contribution < 1.29 is 14.3 Å². The topological polar surface area (TPSA) is 43.4 Å². The normalized spacial score (nSPS) is 18.0. The molecule has 1 aliphatic rings. The van der Waals surface area contributed by atoms with Gasteiger partial charge in [0.05, 0.1) is 13.0 Å². The van der Waals surface area contributed by atoms with Gasteiger partial charge in [0.25, 0.3) is 0 Å². The van der Waals surface area contributed by atoms with Crippen molar-refractivity contribution in [3.05, 3.63) is 34.9 Å². The van der Waals surface area contributed by atoms with Gasteiger partial charge in [0.15, 0.2) is 5.78 Å². The molecule has 1 aromatic carbocycles. The highest BCUT2D eigenvalue weighted by molar-refractivity contribution is 5.96. The van der Waals surface area contributed by atoms with Crippen molar-refractivity contribution in [1.82, 2.24) is 0 Å². The number of esters is 1. The number of carbonyl (C=O) groups excluding carboxylic acids is 2. The van der Waals surface area contributed by atoms with Crippen molar-refractivity contribution in [3.63, 3.8) is 0 Å². The van der Waals surface area contributed by atoms with Crippen molar-refractivity contribution in [2.24, 2.45) is 5.92 Å². The van der Waals surface area contributed by atoms with Gasteiger partial charge in [-0.25, -0.2) is 0 Å². The number of ketones is 1. The number of benzene rings is 1. The Labute approximate surface area is 94.4 Å². The summed E-state index contributed by atoms with van der Waals surface area (Å²) in [6.45, 7) is 1.56. The molecule has 2 rings (SSSR count). The molecule has 1 atom stereocenters. The molecule has 0 heterocycles. The van der Waals surface area contributed by atoms with Gasteiger partial charge in [-0.2, -0.15) is 0 Å². The third-order valence-corrected chi connectivity index (χ3v) is 3.10. The maximum Gasteiger partial charge on any atom is 0.309 e. The third kappa shape index (κ3) is 1.73. The Morgan fingerprint density at radius 1 is 1.31 bits per heavy atom. The first-order valence-corrected chi connectivity index (χ1v) is 5.33. The van der Waals surface area contributed by atoms with Crippen LogP contribution in [0.25, 0.3) is 0 Å². The molecular formula is C13H14O3. The van der Waals surface area contributed by atoms with Crippen molar-refractivity contribution in [2.75, 3.05) is 7.11 Å². The fourth-order valence-corrected chi connectivity index (χ4v) is 2.31. The van der Waals surface area contributed by atoms with Crippen LogP contribution in [0, 0.1) is 5.92 Å². The summed E-state index contributed by atoms with van der Waals surface area (Å²) in [6.07, 6.45) is 1.31. The highest BCUT2D eigenvalue weighted by Gasteiger charge is 2.30. The van der Waals surface area contributed by atoms with Crippen LogP contribution in [-0.4, -0.2) is 18.9 Å². The summed E-state index contributed by atoms with van der Waals surface area (Å²) < 4.78 is 4.74. The van der Waals surface area contributed by atoms with Crippen LogP contribution in [0.15, 0.2) is 18.2 Å². The van der Waals surface area contributed by atoms with Crippen LogP contribution in [0.5, 0.6) is 0 Å². The number of fused-ring (bicyclic) bond motifs is 1. The van der Waals surface area contributed by atoms with Gasteiger partial charge in [-0.15, -0.1) is 0 Å². The van der Waals surface area contributed by atoms with E-state index < -0.39 is 0 Å². The molecule has 16 heavy (non-hydrogen) atoms. The highest BCUT2D eigenvalue weighted by Crippen LogP contribution is 2.30. The molecule has 0 fully saturated rings. The minimum atomic E-state index is -0.189. The van der Waals surface area contributed by atoms with E-state index in [0.717, 1.165) is 16.7 Å². The van der Waals surface area contributed by atoms with Crippen molar-refractivity contribution in [2.45, 2.75) is 19.8 Å². The van der Waals surface area contributed by atoms with Gasteiger partial charge < -0.3 is 4.74 Å². The smallest absolute Gasteiger partial charge is 0.309 e. The van der Waals surface area contributed by atoms with E-state index in [2.05, 4.69) is 0 Å². The van der Waals surface area contributed by atoms with Crippen LogP contribution >= 0.6 is 0 Å². The van der Waals surface area contributed by atoms with E-state index in [1.54, 1.807) is 6.92 Å². The second-order valence-electron chi connectivity index (χ2n) is 4.13. The Morgan fingerprint density at radius 3 is 2.69 bits per heavy atom. The summed E-state index contributed by atoms with van der Waals surface area (Å²) in [6, 6.07) is 5.67. The summed E-state index contributed by atoms with van der Waals surface area (Å²) in [5, 5.41) is 0. The average Bonchev–Trinajstić information content (AvgIpc) is 2.70. The lowest BCUT2D eigenvalue weighted by molar-refractivity contribution is -0.145. The van der Waals surface area contributed by atoms with Gasteiger partial charge in [-0.1, -0.05) is 18.2 Å². The Kier molecular flexibility index (Phi) is 2.77. The highest BCUT2D eigenvalue weighted by atomic mass is 16.5. The van der Waals surface area contributed by atoms with Crippen molar-refractivity contribution >= 4 is 11.8 Å². The molecule has 0 amide bonds. The third-order valence-electron chi connectivity index (χ3n) is 3.10. The minimum absolute atomic E-state index is 0.0577. The molecule has 1 aromatic rings. The predicted molar refractivity (Wildman–Crippen MR) is 59.4 cm³/mol. The first kappa shape index (κ1) is 10.9. The zero-order valence-corrected chi connectivity index (χ0v) is 9.45. The minimum Gasteiger partial charge on any atom is -0.469 e. The zero-order valence-electron chi connectivity index (χ0n) is 9.45. The van der Waals surface area contributed by atoms with Crippen molar-refractivity contribution in [1.29, 1.82) is 0 Å². The van der Waals surface area contributed by atoms with Crippen LogP contribution in [0.2, 0.25) is 0 Å². The first-order valence-electron chi connectivity index (χ1n) is 5.33. The SMILES string of the molecule is COC(=O)C1Cc2cccc(C(C)=O)c2C1. The van der Waals surface area contributed by atoms with E-state index in [-0.39, 0.29) is 17.7 Å². The van der Waals surface area contributed by atoms with E-state index in [1.807, 2.05) is 18.2 Å². The molecule has 0 N–H and O–H groups in total. The standard InChI is InChI=1S/C13H14O3/c1-8(14)11-5-3-4-9-6-10(7-12(9)11)13(15)16-2/h3-5,10H,6-7H2,1-2H3. The predicted octanol–water partition coefficient (Wildman–Crippen LogP) is 1.78. The second kappa shape index (κ2) is 4.08. The molecule has 0 radical (unpaired) electrons. The lowest BCUT2D eigenvalue weighted by atomic mass is 10.0. The maximum atomic E-state index is 11.5. The molecule has 0 spiro atoms. The van der Waals surface area contributed by atoms with Crippen LogP contribution in [0.3, 0.4) is 0 Å². The number of methoxy groups -OCH3 is 1. The summed E-state index contributed by atoms with van der Waals surface area (Å²) in [5.74, 6) is -0.256. The number of Topliss-reactive ketones (excluding diaryl/α,β-unsaturated/α-hetero) is 1.